The molecular formula is C59H66N4O7. The van der Waals surface area contributed by atoms with Gasteiger partial charge in [-0.3, -0.25) is 28.9 Å². The van der Waals surface area contributed by atoms with Gasteiger partial charge < -0.3 is 10.4 Å². The number of nitrogens with zero attached hydrogens (tertiary/aromatic N) is 4. The molecule has 0 aromatic heterocycles. The predicted molar refractivity (Wildman–Crippen MR) is 273 cm³/mol. The molecule has 5 aromatic rings. The molecule has 2 atom stereocenters. The summed E-state index contributed by atoms with van der Waals surface area (Å²) in [5, 5.41) is 32.9. The van der Waals surface area contributed by atoms with Crippen LogP contribution in [0.25, 0.3) is 32.7 Å². The Morgan fingerprint density at radius 2 is 1.04 bits per heavy atom. The minimum absolute atomic E-state index is 0.0978. The minimum atomic E-state index is -0.715. The largest absolute Gasteiger partial charge is 0.313 e. The molecule has 0 saturated carbocycles. The summed E-state index contributed by atoms with van der Waals surface area (Å²) in [5.74, 6) is -2.36. The number of rotatable bonds is 6. The van der Waals surface area contributed by atoms with Gasteiger partial charge in [-0.25, -0.2) is 4.90 Å². The van der Waals surface area contributed by atoms with E-state index in [4.69, 9.17) is 0 Å². The fourth-order valence-corrected chi connectivity index (χ4v) is 13.0. The molecule has 5 aliphatic rings. The van der Waals surface area contributed by atoms with E-state index in [1.807, 2.05) is 32.9 Å². The normalized spacial score (nSPS) is 25.1. The van der Waals surface area contributed by atoms with E-state index in [0.29, 0.717) is 37.8 Å². The number of ketones is 1. The lowest BCUT2D eigenvalue weighted by Gasteiger charge is -2.52. The highest BCUT2D eigenvalue weighted by Gasteiger charge is 2.49. The molecule has 0 radical (unpaired) electrons. The standard InChI is InChI=1S/C59H66N4O7/c1-13-54(3,4)61-52(67)42-20-16-34(26-46(42)53(61)68)49(64)33-15-19-41-45(25-33)51(66)60(50(41)65)38-18-22-40-44(28-38)47(35-29-55(5,6)62(69)56(7,8)30-35)39-21-17-37-27-43(39)48(40)36-31-57(9,10)63(70)59(12,32-36)24-23-58(37,11)14-2/h15-22,25-28,69-70H,13-14,23-24,29-32H2,1-12H3/b48-36-. The Morgan fingerprint density at radius 3 is 1.61 bits per heavy atom. The number of fused-ring (bicyclic) bond motifs is 7. The maximum atomic E-state index is 14.7. The zero-order valence-corrected chi connectivity index (χ0v) is 42.8. The van der Waals surface area contributed by atoms with Gasteiger partial charge in [0.2, 0.25) is 0 Å². The molecule has 2 unspecified atom stereocenters. The van der Waals surface area contributed by atoms with Gasteiger partial charge in [0.1, 0.15) is 0 Å². The Labute approximate surface area is 410 Å². The van der Waals surface area contributed by atoms with Crippen molar-refractivity contribution < 1.29 is 34.4 Å². The second-order valence-electron chi connectivity index (χ2n) is 24.0. The Hall–Kier alpha value is -5.85. The summed E-state index contributed by atoms with van der Waals surface area (Å²) in [6, 6.07) is 21.8. The van der Waals surface area contributed by atoms with Crippen molar-refractivity contribution in [1.29, 1.82) is 0 Å². The van der Waals surface area contributed by atoms with Crippen molar-refractivity contribution in [2.75, 3.05) is 4.90 Å². The van der Waals surface area contributed by atoms with Crippen LogP contribution in [0.3, 0.4) is 0 Å². The van der Waals surface area contributed by atoms with Gasteiger partial charge in [-0.1, -0.05) is 62.2 Å². The monoisotopic (exact) mass is 942 g/mol. The first-order valence-corrected chi connectivity index (χ1v) is 25.0. The summed E-state index contributed by atoms with van der Waals surface area (Å²) >= 11 is 0. The van der Waals surface area contributed by atoms with Crippen LogP contribution in [0.1, 0.15) is 197 Å². The Morgan fingerprint density at radius 1 is 0.557 bits per heavy atom. The van der Waals surface area contributed by atoms with E-state index >= 15 is 0 Å². The quantitative estimate of drug-likeness (QED) is 0.0968. The van der Waals surface area contributed by atoms with Crippen LogP contribution in [0.5, 0.6) is 0 Å². The van der Waals surface area contributed by atoms with Gasteiger partial charge in [0.25, 0.3) is 23.6 Å². The average Bonchev–Trinajstić information content (AvgIpc) is 3.72. The molecule has 364 valence electrons. The van der Waals surface area contributed by atoms with Crippen LogP contribution in [0.4, 0.5) is 5.69 Å². The maximum absolute atomic E-state index is 14.7. The number of anilines is 1. The summed E-state index contributed by atoms with van der Waals surface area (Å²) in [7, 11) is 0. The minimum Gasteiger partial charge on any atom is -0.313 e. The second-order valence-corrected chi connectivity index (χ2v) is 24.0. The Bertz CT molecular complexity index is 3320. The zero-order valence-electron chi connectivity index (χ0n) is 42.8. The third kappa shape index (κ3) is 6.93. The molecule has 5 aromatic carbocycles. The van der Waals surface area contributed by atoms with Crippen LogP contribution in [0, 0.1) is 0 Å². The number of amides is 4. The SMILES string of the molecule is CCC1(C)CCC2(C)C/C(=c3/c4ccc(N5C(=O)c6ccc(C(=O)c7ccc8c(c7)C(=O)N(C(C)(C)CC)C8=O)cc6C5=O)cc4c(=C4CC(C)(C)N(O)C(C)(C)C4)c4ccc1cc34)CC(C)(C)N2O. The highest BCUT2D eigenvalue weighted by atomic mass is 16.5. The molecule has 70 heavy (non-hydrogen) atoms. The third-order valence-corrected chi connectivity index (χ3v) is 17.3. The molecule has 0 spiro atoms. The number of imide groups is 2. The third-order valence-electron chi connectivity index (χ3n) is 17.3. The number of hydrogen-bond acceptors (Lipinski definition) is 9. The lowest BCUT2D eigenvalue weighted by molar-refractivity contribution is -0.237. The van der Waals surface area contributed by atoms with Gasteiger partial charge in [-0.2, -0.15) is 10.1 Å². The van der Waals surface area contributed by atoms with Crippen molar-refractivity contribution in [3.63, 3.8) is 0 Å². The molecular weight excluding hydrogens is 877 g/mol. The van der Waals surface area contributed by atoms with Gasteiger partial charge in [0.15, 0.2) is 5.78 Å². The van der Waals surface area contributed by atoms with Crippen molar-refractivity contribution in [1.82, 2.24) is 15.0 Å². The van der Waals surface area contributed by atoms with Crippen LogP contribution in [0.15, 0.2) is 72.8 Å². The second kappa shape index (κ2) is 15.6. The number of benzene rings is 5. The molecule has 4 amide bonds. The van der Waals surface area contributed by atoms with Gasteiger partial charge in [-0.15, -0.1) is 0 Å². The molecule has 1 aliphatic carbocycles. The van der Waals surface area contributed by atoms with Gasteiger partial charge in [-0.05, 0) is 199 Å². The first-order valence-electron chi connectivity index (χ1n) is 25.0. The van der Waals surface area contributed by atoms with Crippen LogP contribution in [-0.4, -0.2) is 82.5 Å². The van der Waals surface area contributed by atoms with Crippen molar-refractivity contribution in [2.24, 2.45) is 0 Å². The highest BCUT2D eigenvalue weighted by Crippen LogP contribution is 2.48. The Balaban J connectivity index is 1.16. The first-order chi connectivity index (χ1) is 32.7. The van der Waals surface area contributed by atoms with Gasteiger partial charge >= 0.3 is 0 Å². The van der Waals surface area contributed by atoms with Gasteiger partial charge in [0, 0.05) is 38.8 Å². The van der Waals surface area contributed by atoms with E-state index in [0.717, 1.165) is 51.2 Å². The van der Waals surface area contributed by atoms with E-state index in [1.54, 1.807) is 5.06 Å². The maximum Gasteiger partial charge on any atom is 0.266 e. The summed E-state index contributed by atoms with van der Waals surface area (Å²) in [6.07, 6.45) is 5.62. The molecule has 10 rings (SSSR count). The molecule has 11 heteroatoms. The van der Waals surface area contributed by atoms with Crippen LogP contribution < -0.4 is 15.3 Å². The van der Waals surface area contributed by atoms with Crippen LogP contribution in [-0.2, 0) is 5.41 Å². The predicted octanol–water partition coefficient (Wildman–Crippen LogP) is 10.6. The number of hydrogen-bond donors (Lipinski definition) is 2. The molecule has 4 heterocycles. The fraction of sp³-hybridized carbons (Fsp3) is 0.441. The van der Waals surface area contributed by atoms with E-state index in [-0.39, 0.29) is 38.8 Å². The molecule has 2 fully saturated rings. The topological polar surface area (TPSA) is 139 Å². The van der Waals surface area contributed by atoms with E-state index in [1.165, 1.54) is 68.0 Å². The van der Waals surface area contributed by atoms with Crippen molar-refractivity contribution in [2.45, 2.75) is 168 Å². The molecule has 2 saturated heterocycles. The molecule has 2 N–H and O–H groups in total. The van der Waals surface area contributed by atoms with Gasteiger partial charge in [0.05, 0.1) is 27.9 Å². The highest BCUT2D eigenvalue weighted by molar-refractivity contribution is 6.35. The fourth-order valence-electron chi connectivity index (χ4n) is 13.0. The first kappa shape index (κ1) is 47.8. The lowest BCUT2D eigenvalue weighted by Crippen LogP contribution is -2.59. The lowest BCUT2D eigenvalue weighted by atomic mass is 9.68. The van der Waals surface area contributed by atoms with E-state index < -0.39 is 57.1 Å². The summed E-state index contributed by atoms with van der Waals surface area (Å²) < 4.78 is 0. The zero-order chi connectivity index (χ0) is 50.6. The average molecular weight is 943 g/mol. The smallest absolute Gasteiger partial charge is 0.266 e. The molecule has 4 bridgehead atoms. The van der Waals surface area contributed by atoms with E-state index in [2.05, 4.69) is 86.6 Å². The molecule has 4 aliphatic heterocycles. The number of carbonyl (C=O) groups excluding carboxylic acids is 5. The number of piperidine rings is 2. The van der Waals surface area contributed by atoms with Crippen molar-refractivity contribution >= 4 is 67.8 Å². The summed E-state index contributed by atoms with van der Waals surface area (Å²) in [4.78, 5) is 72.8. The Kier molecular flexibility index (Phi) is 10.6. The van der Waals surface area contributed by atoms with Crippen molar-refractivity contribution in [3.8, 4) is 0 Å². The summed E-state index contributed by atoms with van der Waals surface area (Å²) in [5.41, 5.74) is 1.90. The molecule has 11 nitrogen and oxygen atoms in total. The number of hydroxylamine groups is 4. The van der Waals surface area contributed by atoms with Crippen LogP contribution in [0.2, 0.25) is 0 Å². The van der Waals surface area contributed by atoms with Crippen LogP contribution >= 0.6 is 0 Å². The van der Waals surface area contributed by atoms with Crippen molar-refractivity contribution in [3.05, 3.63) is 122 Å². The number of carbonyl (C=O) groups is 5. The van der Waals surface area contributed by atoms with E-state index in [9.17, 15) is 34.4 Å². The summed E-state index contributed by atoms with van der Waals surface area (Å²) in [6.45, 7) is 24.8.